The summed E-state index contributed by atoms with van der Waals surface area (Å²) in [6.45, 7) is 1.95. The zero-order chi connectivity index (χ0) is 29.6. The first kappa shape index (κ1) is 28.1. The van der Waals surface area contributed by atoms with Crippen LogP contribution in [0.15, 0.2) is 83.8 Å². The average molecular weight is 582 g/mol. The number of aromatic nitrogens is 2. The van der Waals surface area contributed by atoms with Gasteiger partial charge >= 0.3 is 0 Å². The van der Waals surface area contributed by atoms with Crippen LogP contribution >= 0.6 is 0 Å². The molecule has 42 heavy (non-hydrogen) atoms. The van der Waals surface area contributed by atoms with E-state index in [9.17, 15) is 8.42 Å². The van der Waals surface area contributed by atoms with Crippen molar-refractivity contribution in [2.45, 2.75) is 49.0 Å². The van der Waals surface area contributed by atoms with Crippen LogP contribution in [0.4, 0.5) is 17.2 Å². The number of hydrogen-bond acceptors (Lipinski definition) is 6. The highest BCUT2D eigenvalue weighted by atomic mass is 32.2. The highest BCUT2D eigenvalue weighted by Gasteiger charge is 2.40. The molecule has 1 aromatic heterocycles. The summed E-state index contributed by atoms with van der Waals surface area (Å²) in [5.74, 6) is 0.638. The Balaban J connectivity index is 1.57. The summed E-state index contributed by atoms with van der Waals surface area (Å²) in [5.41, 5.74) is 6.30. The van der Waals surface area contributed by atoms with E-state index in [0.717, 1.165) is 46.5 Å². The van der Waals surface area contributed by atoms with Crippen LogP contribution in [0.5, 0.6) is 0 Å². The molecule has 1 heterocycles. The molecular formula is C34H39N5O2S. The van der Waals surface area contributed by atoms with E-state index in [-0.39, 0.29) is 4.90 Å². The summed E-state index contributed by atoms with van der Waals surface area (Å²) in [4.78, 5) is 4.43. The molecule has 2 aliphatic carbocycles. The van der Waals surface area contributed by atoms with Crippen molar-refractivity contribution in [3.63, 3.8) is 0 Å². The molecule has 1 fully saturated rings. The Morgan fingerprint density at radius 1 is 0.881 bits per heavy atom. The van der Waals surface area contributed by atoms with Crippen molar-refractivity contribution in [2.75, 3.05) is 43.3 Å². The topological polar surface area (TPSA) is 70.5 Å². The van der Waals surface area contributed by atoms with Crippen LogP contribution in [0.3, 0.4) is 0 Å². The third kappa shape index (κ3) is 4.87. The van der Waals surface area contributed by atoms with Crippen molar-refractivity contribution in [1.29, 1.82) is 0 Å². The van der Waals surface area contributed by atoms with Crippen molar-refractivity contribution in [3.05, 3.63) is 107 Å². The van der Waals surface area contributed by atoms with Gasteiger partial charge < -0.3 is 15.1 Å². The standard InChI is InChI=1S/C34H39N5O2S/c1-24-15-17-30(18-16-24)42(40,41)39-32-23-34(25-9-6-13-28(21-25)37(2)3,26-10-7-14-29(22-26)38(4)5)20-19-31(32)33(36-39)35-27-11-8-12-27/h6-7,9-10,13-22,27H,8,11-12,23H2,1-5H3,(H,35,36). The summed E-state index contributed by atoms with van der Waals surface area (Å²) in [7, 11) is 4.20. The number of hydrogen-bond donors (Lipinski definition) is 1. The van der Waals surface area contributed by atoms with Crippen LogP contribution in [0, 0.1) is 6.92 Å². The van der Waals surface area contributed by atoms with Gasteiger partial charge in [0.1, 0.15) is 0 Å². The summed E-state index contributed by atoms with van der Waals surface area (Å²) in [5, 5.41) is 8.33. The lowest BCUT2D eigenvalue weighted by Crippen LogP contribution is -2.33. The second-order valence-corrected chi connectivity index (χ2v) is 13.8. The number of nitrogens with one attached hydrogen (secondary N) is 1. The number of benzene rings is 3. The maximum absolute atomic E-state index is 14.2. The molecule has 6 rings (SSSR count). The number of anilines is 3. The first-order valence-corrected chi connectivity index (χ1v) is 16.0. The summed E-state index contributed by atoms with van der Waals surface area (Å²) in [6.07, 6.45) is 8.07. The third-order valence-electron chi connectivity index (χ3n) is 8.72. The number of rotatable bonds is 8. The normalized spacial score (nSPS) is 16.0. The van der Waals surface area contributed by atoms with Crippen molar-refractivity contribution >= 4 is 33.3 Å². The quantitative estimate of drug-likeness (QED) is 0.272. The van der Waals surface area contributed by atoms with E-state index >= 15 is 0 Å². The van der Waals surface area contributed by atoms with Gasteiger partial charge in [-0.1, -0.05) is 54.1 Å². The minimum Gasteiger partial charge on any atom is -0.378 e. The molecule has 0 bridgehead atoms. The molecule has 1 saturated carbocycles. The van der Waals surface area contributed by atoms with E-state index in [0.29, 0.717) is 24.0 Å². The SMILES string of the molecule is Cc1ccc(S(=O)(=O)n2nc(NC3CCC3)c3c2CC(c2cccc(N(C)C)c2)(c2cccc(N(C)C)c2)C=C3)cc1. The third-order valence-corrected chi connectivity index (χ3v) is 10.3. The van der Waals surface area contributed by atoms with Gasteiger partial charge in [-0.05, 0) is 73.7 Å². The molecule has 0 radical (unpaired) electrons. The maximum Gasteiger partial charge on any atom is 0.283 e. The second kappa shape index (κ2) is 10.7. The fraction of sp³-hybridized carbons (Fsp3) is 0.324. The summed E-state index contributed by atoms with van der Waals surface area (Å²) < 4.78 is 29.7. The number of nitrogens with zero attached hydrogens (tertiary/aromatic N) is 4. The lowest BCUT2D eigenvalue weighted by atomic mass is 9.68. The number of aryl methyl sites for hydroxylation is 1. The van der Waals surface area contributed by atoms with Gasteiger partial charge in [0.2, 0.25) is 0 Å². The van der Waals surface area contributed by atoms with Crippen molar-refractivity contribution in [3.8, 4) is 0 Å². The van der Waals surface area contributed by atoms with E-state index in [1.165, 1.54) is 10.5 Å². The van der Waals surface area contributed by atoms with Gasteiger partial charge in [0, 0.05) is 63.0 Å². The molecule has 218 valence electrons. The molecule has 0 unspecified atom stereocenters. The van der Waals surface area contributed by atoms with Crippen molar-refractivity contribution < 1.29 is 8.42 Å². The molecule has 4 aromatic rings. The Kier molecular flexibility index (Phi) is 7.13. The Morgan fingerprint density at radius 2 is 1.48 bits per heavy atom. The van der Waals surface area contributed by atoms with Crippen LogP contribution < -0.4 is 15.1 Å². The molecule has 1 N–H and O–H groups in total. The Bertz CT molecular complexity index is 1700. The monoisotopic (exact) mass is 581 g/mol. The maximum atomic E-state index is 14.2. The Hall–Kier alpha value is -4.04. The van der Waals surface area contributed by atoms with E-state index in [1.807, 2.05) is 47.2 Å². The highest BCUT2D eigenvalue weighted by Crippen LogP contribution is 2.45. The first-order chi connectivity index (χ1) is 20.1. The predicted molar refractivity (Wildman–Crippen MR) is 172 cm³/mol. The minimum atomic E-state index is -3.94. The number of fused-ring (bicyclic) bond motifs is 1. The lowest BCUT2D eigenvalue weighted by Gasteiger charge is -2.36. The van der Waals surface area contributed by atoms with Gasteiger partial charge in [-0.15, -0.1) is 5.10 Å². The van der Waals surface area contributed by atoms with Gasteiger partial charge in [0.15, 0.2) is 5.82 Å². The van der Waals surface area contributed by atoms with Gasteiger partial charge in [-0.25, -0.2) is 0 Å². The predicted octanol–water partition coefficient (Wildman–Crippen LogP) is 6.08. The fourth-order valence-electron chi connectivity index (χ4n) is 5.88. The second-order valence-electron chi connectivity index (χ2n) is 12.0. The lowest BCUT2D eigenvalue weighted by molar-refractivity contribution is 0.444. The zero-order valence-corrected chi connectivity index (χ0v) is 25.8. The molecule has 8 heteroatoms. The van der Waals surface area contributed by atoms with Crippen LogP contribution in [-0.2, 0) is 21.9 Å². The minimum absolute atomic E-state index is 0.234. The van der Waals surface area contributed by atoms with Gasteiger partial charge in [-0.2, -0.15) is 12.5 Å². The molecule has 0 saturated heterocycles. The van der Waals surface area contributed by atoms with E-state index < -0.39 is 15.4 Å². The molecule has 0 spiro atoms. The first-order valence-electron chi connectivity index (χ1n) is 14.5. The van der Waals surface area contributed by atoms with E-state index in [2.05, 4.69) is 75.8 Å². The van der Waals surface area contributed by atoms with Gasteiger partial charge in [0.25, 0.3) is 10.0 Å². The van der Waals surface area contributed by atoms with E-state index in [1.54, 1.807) is 12.1 Å². The molecule has 3 aromatic carbocycles. The van der Waals surface area contributed by atoms with Crippen LogP contribution in [0.1, 0.15) is 47.2 Å². The Labute approximate surface area is 249 Å². The zero-order valence-electron chi connectivity index (χ0n) is 25.0. The molecule has 7 nitrogen and oxygen atoms in total. The average Bonchev–Trinajstić information content (AvgIpc) is 3.33. The highest BCUT2D eigenvalue weighted by molar-refractivity contribution is 7.89. The van der Waals surface area contributed by atoms with Gasteiger partial charge in [0.05, 0.1) is 10.6 Å². The van der Waals surface area contributed by atoms with Crippen LogP contribution in [0.25, 0.3) is 6.08 Å². The summed E-state index contributed by atoms with van der Waals surface area (Å²) >= 11 is 0. The van der Waals surface area contributed by atoms with E-state index in [4.69, 9.17) is 5.10 Å². The van der Waals surface area contributed by atoms with Crippen LogP contribution in [0.2, 0.25) is 0 Å². The smallest absolute Gasteiger partial charge is 0.283 e. The Morgan fingerprint density at radius 3 is 2.00 bits per heavy atom. The molecule has 2 aliphatic rings. The van der Waals surface area contributed by atoms with Gasteiger partial charge in [-0.3, -0.25) is 0 Å². The van der Waals surface area contributed by atoms with Crippen LogP contribution in [-0.4, -0.2) is 51.8 Å². The van der Waals surface area contributed by atoms with Crippen molar-refractivity contribution in [1.82, 2.24) is 9.19 Å². The molecule has 0 atom stereocenters. The summed E-state index contributed by atoms with van der Waals surface area (Å²) in [6, 6.07) is 24.4. The molecule has 0 aliphatic heterocycles. The molecule has 0 amide bonds. The largest absolute Gasteiger partial charge is 0.378 e. The van der Waals surface area contributed by atoms with Crippen molar-refractivity contribution in [2.24, 2.45) is 0 Å². The number of allylic oxidation sites excluding steroid dienone is 1. The molecular weight excluding hydrogens is 542 g/mol. The fourth-order valence-corrected chi connectivity index (χ4v) is 7.20.